The first-order valence-electron chi connectivity index (χ1n) is 8.19. The number of ether oxygens (including phenoxy) is 1. The average Bonchev–Trinajstić information content (AvgIpc) is 3.19. The van der Waals surface area contributed by atoms with Crippen molar-refractivity contribution in [2.24, 2.45) is 5.92 Å². The van der Waals surface area contributed by atoms with Crippen molar-refractivity contribution in [2.75, 3.05) is 19.7 Å². The van der Waals surface area contributed by atoms with Crippen LogP contribution in [0.1, 0.15) is 30.8 Å². The van der Waals surface area contributed by atoms with Crippen molar-refractivity contribution in [1.82, 2.24) is 19.6 Å². The van der Waals surface area contributed by atoms with E-state index in [0.29, 0.717) is 23.8 Å². The van der Waals surface area contributed by atoms with Crippen molar-refractivity contribution in [3.63, 3.8) is 0 Å². The Bertz CT molecular complexity index is 681. The van der Waals surface area contributed by atoms with Gasteiger partial charge in [-0.15, -0.1) is 11.3 Å². The van der Waals surface area contributed by atoms with Crippen LogP contribution in [0.4, 0.5) is 0 Å². The lowest BCUT2D eigenvalue weighted by atomic mass is 10.0. The maximum atomic E-state index is 12.4. The van der Waals surface area contributed by atoms with Gasteiger partial charge in [-0.3, -0.25) is 14.1 Å². The third-order valence-corrected chi connectivity index (χ3v) is 5.62. The zero-order valence-corrected chi connectivity index (χ0v) is 14.3. The summed E-state index contributed by atoms with van der Waals surface area (Å²) in [5, 5.41) is 5.10. The van der Waals surface area contributed by atoms with Crippen LogP contribution in [-0.4, -0.2) is 58.1 Å². The summed E-state index contributed by atoms with van der Waals surface area (Å²) in [4.78, 5) is 20.1. The molecule has 2 aromatic rings. The highest BCUT2D eigenvalue weighted by atomic mass is 32.1. The van der Waals surface area contributed by atoms with Gasteiger partial charge < -0.3 is 10.1 Å². The Hall–Kier alpha value is -1.44. The molecule has 124 valence electrons. The molecule has 4 rings (SSSR count). The smallest absolute Gasteiger partial charge is 0.271 e. The van der Waals surface area contributed by atoms with Gasteiger partial charge in [-0.25, -0.2) is 4.98 Å². The van der Waals surface area contributed by atoms with Crippen molar-refractivity contribution in [3.05, 3.63) is 23.5 Å². The summed E-state index contributed by atoms with van der Waals surface area (Å²) in [6.45, 7) is 7.05. The van der Waals surface area contributed by atoms with Crippen molar-refractivity contribution in [3.8, 4) is 0 Å². The van der Waals surface area contributed by atoms with Gasteiger partial charge in [0.15, 0.2) is 4.96 Å². The maximum absolute atomic E-state index is 12.4. The molecule has 2 aromatic heterocycles. The minimum Gasteiger partial charge on any atom is -0.375 e. The minimum atomic E-state index is -0.0768. The Morgan fingerprint density at radius 2 is 2.35 bits per heavy atom. The molecule has 7 heteroatoms. The van der Waals surface area contributed by atoms with Crippen LogP contribution >= 0.6 is 11.3 Å². The quantitative estimate of drug-likeness (QED) is 0.927. The van der Waals surface area contributed by atoms with Crippen LogP contribution in [0.15, 0.2) is 17.8 Å². The first-order valence-corrected chi connectivity index (χ1v) is 9.07. The fourth-order valence-electron chi connectivity index (χ4n) is 3.50. The van der Waals surface area contributed by atoms with Crippen LogP contribution in [0.2, 0.25) is 0 Å². The molecular formula is C16H22N4O2S. The summed E-state index contributed by atoms with van der Waals surface area (Å²) in [6.07, 6.45) is 4.98. The van der Waals surface area contributed by atoms with E-state index < -0.39 is 0 Å². The largest absolute Gasteiger partial charge is 0.375 e. The van der Waals surface area contributed by atoms with Gasteiger partial charge in [-0.05, 0) is 12.3 Å². The molecule has 0 unspecified atom stereocenters. The van der Waals surface area contributed by atoms with Crippen molar-refractivity contribution in [2.45, 2.75) is 38.5 Å². The number of fused-ring (bicyclic) bond motifs is 2. The molecule has 2 fully saturated rings. The second kappa shape index (κ2) is 5.89. The van der Waals surface area contributed by atoms with E-state index in [4.69, 9.17) is 4.74 Å². The second-order valence-electron chi connectivity index (χ2n) is 6.85. The number of imidazole rings is 1. The number of carbonyl (C=O) groups is 1. The third-order valence-electron chi connectivity index (χ3n) is 4.85. The highest BCUT2D eigenvalue weighted by Gasteiger charge is 2.38. The highest BCUT2D eigenvalue weighted by molar-refractivity contribution is 7.15. The summed E-state index contributed by atoms with van der Waals surface area (Å²) in [5.41, 5.74) is 0.498. The number of nitrogens with one attached hydrogen (secondary N) is 1. The zero-order chi connectivity index (χ0) is 16.0. The molecule has 1 N–H and O–H groups in total. The summed E-state index contributed by atoms with van der Waals surface area (Å²) in [7, 11) is 0. The normalized spacial score (nSPS) is 28.4. The topological polar surface area (TPSA) is 58.9 Å². The van der Waals surface area contributed by atoms with Crippen LogP contribution in [0.3, 0.4) is 0 Å². The molecule has 0 saturated carbocycles. The van der Waals surface area contributed by atoms with Gasteiger partial charge >= 0.3 is 0 Å². The maximum Gasteiger partial charge on any atom is 0.271 e. The first kappa shape index (κ1) is 15.1. The summed E-state index contributed by atoms with van der Waals surface area (Å²) >= 11 is 1.53. The Kier molecular flexibility index (Phi) is 3.87. The standard InChI is InChI=1S/C16H22N4O2S/c1-10(2)14-8-20-6-11(5-12(20)9-22-14)17-15(21)13-7-19-3-4-23-16(19)18-13/h3-4,7,10-12,14H,5-6,8-9H2,1-2H3,(H,17,21)/t11-,12-,14-/m0/s1. The van der Waals surface area contributed by atoms with Crippen molar-refractivity contribution >= 4 is 22.2 Å². The number of amides is 1. The van der Waals surface area contributed by atoms with Crippen molar-refractivity contribution in [1.29, 1.82) is 0 Å². The number of hydrogen-bond donors (Lipinski definition) is 1. The highest BCUT2D eigenvalue weighted by Crippen LogP contribution is 2.26. The molecule has 0 bridgehead atoms. The molecule has 2 saturated heterocycles. The first-order chi connectivity index (χ1) is 11.1. The van der Waals surface area contributed by atoms with Gasteiger partial charge in [0.2, 0.25) is 0 Å². The Balaban J connectivity index is 1.38. The number of carbonyl (C=O) groups excluding carboxylic acids is 1. The SMILES string of the molecule is CC(C)[C@@H]1CN2C[C@@H](NC(=O)c3cn4ccsc4n3)C[C@H]2CO1. The van der Waals surface area contributed by atoms with Gasteiger partial charge in [0.1, 0.15) is 5.69 Å². The van der Waals surface area contributed by atoms with E-state index in [1.54, 1.807) is 6.20 Å². The number of aromatic nitrogens is 2. The number of hydrogen-bond acceptors (Lipinski definition) is 5. The van der Waals surface area contributed by atoms with E-state index in [1.807, 2.05) is 16.0 Å². The number of thiazole rings is 1. The lowest BCUT2D eigenvalue weighted by Gasteiger charge is -2.36. The summed E-state index contributed by atoms with van der Waals surface area (Å²) in [5.74, 6) is 0.454. The van der Waals surface area contributed by atoms with Crippen molar-refractivity contribution < 1.29 is 9.53 Å². The predicted octanol–water partition coefficient (Wildman–Crippen LogP) is 1.62. The van der Waals surface area contributed by atoms with E-state index in [0.717, 1.165) is 31.1 Å². The molecular weight excluding hydrogens is 312 g/mol. The molecule has 3 atom stereocenters. The number of nitrogens with zero attached hydrogens (tertiary/aromatic N) is 3. The molecule has 2 aliphatic rings. The van der Waals surface area contributed by atoms with Gasteiger partial charge in [-0.1, -0.05) is 13.8 Å². The Labute approximate surface area is 139 Å². The number of rotatable bonds is 3. The zero-order valence-electron chi connectivity index (χ0n) is 13.4. The second-order valence-corrected chi connectivity index (χ2v) is 7.72. The third kappa shape index (κ3) is 2.88. The van der Waals surface area contributed by atoms with Crippen LogP contribution in [0.5, 0.6) is 0 Å². The van der Waals surface area contributed by atoms with Gasteiger partial charge in [0, 0.05) is 42.9 Å². The van der Waals surface area contributed by atoms with E-state index in [2.05, 4.69) is 29.0 Å². The number of morpholine rings is 1. The van der Waals surface area contributed by atoms with Gasteiger partial charge in [0.05, 0.1) is 12.7 Å². The Morgan fingerprint density at radius 1 is 1.48 bits per heavy atom. The fourth-order valence-corrected chi connectivity index (χ4v) is 4.20. The minimum absolute atomic E-state index is 0.0768. The lowest BCUT2D eigenvalue weighted by Crippen LogP contribution is -2.48. The molecule has 6 nitrogen and oxygen atoms in total. The van der Waals surface area contributed by atoms with E-state index in [1.165, 1.54) is 11.3 Å². The monoisotopic (exact) mass is 334 g/mol. The average molecular weight is 334 g/mol. The van der Waals surface area contributed by atoms with E-state index >= 15 is 0 Å². The molecule has 0 spiro atoms. The molecule has 23 heavy (non-hydrogen) atoms. The van der Waals surface area contributed by atoms with E-state index in [-0.39, 0.29) is 11.9 Å². The Morgan fingerprint density at radius 3 is 3.13 bits per heavy atom. The van der Waals surface area contributed by atoms with Gasteiger partial charge in [-0.2, -0.15) is 0 Å². The van der Waals surface area contributed by atoms with Gasteiger partial charge in [0.25, 0.3) is 5.91 Å². The van der Waals surface area contributed by atoms with Crippen LogP contribution in [0, 0.1) is 5.92 Å². The molecule has 0 radical (unpaired) electrons. The predicted molar refractivity (Wildman–Crippen MR) is 88.9 cm³/mol. The fraction of sp³-hybridized carbons (Fsp3) is 0.625. The molecule has 4 heterocycles. The molecule has 1 amide bonds. The molecule has 0 aliphatic carbocycles. The van der Waals surface area contributed by atoms with Crippen LogP contribution in [0.25, 0.3) is 4.96 Å². The van der Waals surface area contributed by atoms with Crippen LogP contribution < -0.4 is 5.32 Å². The molecule has 0 aromatic carbocycles. The summed E-state index contributed by atoms with van der Waals surface area (Å²) < 4.78 is 7.84. The van der Waals surface area contributed by atoms with E-state index in [9.17, 15) is 4.79 Å². The molecule has 2 aliphatic heterocycles. The lowest BCUT2D eigenvalue weighted by molar-refractivity contribution is -0.0683. The summed E-state index contributed by atoms with van der Waals surface area (Å²) in [6, 6.07) is 0.613. The van der Waals surface area contributed by atoms with Crippen LogP contribution in [-0.2, 0) is 4.74 Å².